The van der Waals surface area contributed by atoms with Gasteiger partial charge in [0.2, 0.25) is 0 Å². The Morgan fingerprint density at radius 3 is 0.319 bits per heavy atom. The van der Waals surface area contributed by atoms with Crippen molar-refractivity contribution in [2.75, 3.05) is 0 Å². The molecule has 4 N–H and O–H groups in total. The maximum atomic E-state index is 6.86. The van der Waals surface area contributed by atoms with Crippen molar-refractivity contribution < 1.29 is 19.5 Å². The number of nitrogens with zero attached hydrogens (tertiary/aromatic N) is 4. The maximum Gasteiger partial charge on any atom is 0 e. The number of nitrogens with one attached hydrogen (secondary N) is 1. The quantitative estimate of drug-likeness (QED) is 0.0474. The second-order valence-corrected chi connectivity index (χ2v) is 13.8. The van der Waals surface area contributed by atoms with Crippen molar-refractivity contribution in [1.29, 1.82) is 16.3 Å². The smallest absolute Gasteiger partial charge is 0 e. The average molecular weight is 2000 g/mol. The molecule has 6 nitrogen and oxygen atoms in total. The van der Waals surface area contributed by atoms with Crippen LogP contribution in [0.3, 0.4) is 0 Å². The van der Waals surface area contributed by atoms with Gasteiger partial charge in [-0.15, -0.1) is 51.0 Å². The molecule has 0 rings (SSSR count). The van der Waals surface area contributed by atoms with Crippen LogP contribution in [0.1, 0.15) is 596 Å². The molecule has 0 fully saturated rings. The van der Waals surface area contributed by atoms with Gasteiger partial charge in [0.1, 0.15) is 0 Å². The van der Waals surface area contributed by atoms with E-state index in [0.717, 1.165) is 17.8 Å². The van der Waals surface area contributed by atoms with Crippen LogP contribution in [0.4, 0.5) is 0 Å². The zero-order valence-corrected chi connectivity index (χ0v) is 112. The van der Waals surface area contributed by atoms with E-state index in [1.54, 1.807) is 32.6 Å². The molecule has 135 heavy (non-hydrogen) atoms. The summed E-state index contributed by atoms with van der Waals surface area (Å²) in [5, 5.41) is 12.0. The fourth-order valence-corrected chi connectivity index (χ4v) is 0.885. The van der Waals surface area contributed by atoms with Crippen molar-refractivity contribution in [3.8, 4) is 203 Å². The monoisotopic (exact) mass is 2000 g/mol. The Hall–Kier alpha value is -8.69. The molecule has 0 aromatic heterocycles. The molecule has 0 atom stereocenters. The Morgan fingerprint density at radius 1 is 0.244 bits per heavy atom. The van der Waals surface area contributed by atoms with Crippen LogP contribution >= 0.6 is 0 Å². The Labute approximate surface area is 894 Å². The molecule has 0 unspecified atom stereocenters. The van der Waals surface area contributed by atoms with Crippen LogP contribution in [-0.2, 0) is 19.5 Å². The van der Waals surface area contributed by atoms with E-state index in [1.165, 1.54) is 5.57 Å². The van der Waals surface area contributed by atoms with Crippen LogP contribution in [0.5, 0.6) is 0 Å². The summed E-state index contributed by atoms with van der Waals surface area (Å²) in [6.07, 6.45) is 17.7. The number of terminal acetylenes is 3. The molecule has 0 aliphatic carbocycles. The summed E-state index contributed by atoms with van der Waals surface area (Å²) < 4.78 is 0. The molecular weight excluding hydrogens is 1720 g/mol. The molecule has 0 saturated carbocycles. The molecule has 0 saturated heterocycles. The summed E-state index contributed by atoms with van der Waals surface area (Å²) in [5.74, 6) is 76.9. The predicted octanol–water partition coefficient (Wildman–Crippen LogP) is 47.6. The Bertz CT molecular complexity index is 2260. The SMILES string of the molecule is C.C#C.C#CC#CC#CC#CC#CC.C#CC#CC#CC#CC#CC#CC.C=C.C=C(C)C.CC.CC.CC.CC.CC.CC.CC.CC.CC.CC.CC.CC.CC.CC.CC.CC.CC.CC.CC.CC.CC.CC.CC.CC.CC.CC.CC.CC.CC.CC.CC.CC.CC.CC#CC#CC#CC#CC#CC.CC(C)(C)C.CC(C)C.CC(C)C.CC(C)C.N.N#N.[N-]=[N+]=N.[Ru]. The molecule has 0 heterocycles. The van der Waals surface area contributed by atoms with Crippen LogP contribution in [-0.4, -0.2) is 0 Å². The predicted molar refractivity (Wildman–Crippen MR) is 677 cm³/mol. The molecule has 0 amide bonds. The summed E-state index contributed by atoms with van der Waals surface area (Å²) >= 11 is 0. The molecule has 0 aromatic carbocycles. The van der Waals surface area contributed by atoms with Crippen LogP contribution < -0.4 is 6.15 Å². The fourth-order valence-electron chi connectivity index (χ4n) is 0.885. The Morgan fingerprint density at radius 2 is 0.281 bits per heavy atom. The van der Waals surface area contributed by atoms with Gasteiger partial charge in [0.15, 0.2) is 0 Å². The van der Waals surface area contributed by atoms with Gasteiger partial charge in [-0.05, 0) is 229 Å². The van der Waals surface area contributed by atoms with Crippen molar-refractivity contribution >= 4 is 0 Å². The van der Waals surface area contributed by atoms with Gasteiger partial charge in [0.25, 0.3) is 0 Å². The molecule has 0 aromatic rings. The van der Waals surface area contributed by atoms with Gasteiger partial charge >= 0.3 is 0 Å². The third kappa shape index (κ3) is 5680. The molecule has 826 valence electrons. The van der Waals surface area contributed by atoms with Crippen LogP contribution in [0.15, 0.2) is 25.3 Å². The number of rotatable bonds is 0. The van der Waals surface area contributed by atoms with Crippen molar-refractivity contribution in [2.24, 2.45) is 23.2 Å². The first-order valence-corrected chi connectivity index (χ1v) is 52.3. The zero-order valence-electron chi connectivity index (χ0n) is 111. The van der Waals surface area contributed by atoms with E-state index in [2.05, 4.69) is 300 Å². The number of allylic oxidation sites excluding steroid dienone is 1. The minimum atomic E-state index is 0. The molecular formula is C128H276N6Ru. The van der Waals surface area contributed by atoms with E-state index in [0.29, 0.717) is 5.41 Å². The molecule has 7 heteroatoms. The molecule has 0 radical (unpaired) electrons. The summed E-state index contributed by atoms with van der Waals surface area (Å²) in [4.78, 5) is 1.75. The van der Waals surface area contributed by atoms with Gasteiger partial charge in [-0.1, -0.05) is 584 Å². The van der Waals surface area contributed by atoms with Crippen molar-refractivity contribution in [3.05, 3.63) is 35.8 Å². The first-order chi connectivity index (χ1) is 64.1. The van der Waals surface area contributed by atoms with Gasteiger partial charge in [-0.25, -0.2) is 0 Å². The molecule has 0 spiro atoms. The van der Waals surface area contributed by atoms with Gasteiger partial charge in [0.05, 0.1) is 0 Å². The van der Waals surface area contributed by atoms with Gasteiger partial charge in [-0.3, -0.25) is 0 Å². The van der Waals surface area contributed by atoms with Gasteiger partial charge in [-0.2, -0.15) is 0 Å². The number of hydrogen-bond donors (Lipinski definition) is 2. The van der Waals surface area contributed by atoms with E-state index in [-0.39, 0.29) is 33.1 Å². The van der Waals surface area contributed by atoms with Crippen LogP contribution in [0.25, 0.3) is 10.4 Å². The average Bonchev–Trinajstić information content (AvgIpc) is 1.10. The normalized spacial score (nSPS) is 4.01. The zero-order chi connectivity index (χ0) is 121. The minimum Gasteiger partial charge on any atom is -0.344 e. The van der Waals surface area contributed by atoms with Crippen LogP contribution in [0, 0.1) is 243 Å². The summed E-state index contributed by atoms with van der Waals surface area (Å²) in [5.41, 5.74) is 13.9. The van der Waals surface area contributed by atoms with E-state index >= 15 is 0 Å². The second-order valence-electron chi connectivity index (χ2n) is 13.8. The molecule has 0 bridgehead atoms. The van der Waals surface area contributed by atoms with Gasteiger partial charge < -0.3 is 6.15 Å². The number of hydrogen-bond acceptors (Lipinski definition) is 4. The molecule has 0 aliphatic rings. The fraction of sp³-hybridized carbons (Fsp3) is 0.703. The van der Waals surface area contributed by atoms with Crippen molar-refractivity contribution in [3.63, 3.8) is 0 Å². The van der Waals surface area contributed by atoms with E-state index in [1.807, 2.05) is 471 Å². The standard InChI is InChI=1S/C13H4.C12H6.C11H4.C5H12.3C4H10.C4H8.33C2H6.C2H4.C2H2.CH4.HN3.N2.H3N.Ru/c1-3-5-7-9-11-13-12-10-8-6-4-2;1-3-5-7-9-11-12-10-8-6-4-2;1-3-5-7-9-11-10-8-6-4-2;1-5(2,3)4;4*1-4(2)3;35*1-2;;1-3-2;1-2;;/h1H,2H3;1-2H3;1H,2H3;1-4H3;3*4H,1-3H3;1H2,2-3H3;33*1-2H3;1-2H2;1-2H;1H4;1H;;1H3;. The van der Waals surface area contributed by atoms with Gasteiger partial charge in [0, 0.05) is 30.3 Å². The third-order valence-electron chi connectivity index (χ3n) is 1.96. The topological polar surface area (TPSA) is 143 Å². The van der Waals surface area contributed by atoms with Crippen molar-refractivity contribution in [2.45, 2.75) is 596 Å². The minimum absolute atomic E-state index is 0. The largest absolute Gasteiger partial charge is 0.344 e. The van der Waals surface area contributed by atoms with Crippen LogP contribution in [0.2, 0.25) is 0 Å². The Kier molecular flexibility index (Phi) is 2850. The first-order valence-electron chi connectivity index (χ1n) is 52.3. The maximum absolute atomic E-state index is 6.86. The Balaban J connectivity index is -0.0000000128. The molecule has 0 aliphatic heterocycles. The summed E-state index contributed by atoms with van der Waals surface area (Å²) in [6, 6.07) is 0. The van der Waals surface area contributed by atoms with Crippen molar-refractivity contribution in [1.82, 2.24) is 6.15 Å². The van der Waals surface area contributed by atoms with E-state index in [4.69, 9.17) is 34.7 Å². The first kappa shape index (κ1) is 323. The summed E-state index contributed by atoms with van der Waals surface area (Å²) in [7, 11) is 0. The van der Waals surface area contributed by atoms with E-state index < -0.39 is 0 Å². The summed E-state index contributed by atoms with van der Waals surface area (Å²) in [6.45, 7) is 181. The second kappa shape index (κ2) is 1190. The third-order valence-corrected chi connectivity index (χ3v) is 1.96. The van der Waals surface area contributed by atoms with E-state index in [9.17, 15) is 0 Å².